The van der Waals surface area contributed by atoms with Gasteiger partial charge in [0.25, 0.3) is 0 Å². The van der Waals surface area contributed by atoms with E-state index in [2.05, 4.69) is 33.2 Å². The van der Waals surface area contributed by atoms with E-state index in [1.165, 1.54) is 12.1 Å². The van der Waals surface area contributed by atoms with Crippen molar-refractivity contribution in [3.05, 3.63) is 87.6 Å². The molecule has 3 aromatic carbocycles. The summed E-state index contributed by atoms with van der Waals surface area (Å²) in [7, 11) is 0. The summed E-state index contributed by atoms with van der Waals surface area (Å²) in [5.74, 6) is -1.13. The first kappa shape index (κ1) is 23.2. The maximum absolute atomic E-state index is 14.1. The van der Waals surface area contributed by atoms with Crippen molar-refractivity contribution in [1.29, 1.82) is 0 Å². The molecule has 4 rings (SSSR count). The molecular weight excluding hydrogens is 537 g/mol. The van der Waals surface area contributed by atoms with E-state index in [4.69, 9.17) is 4.74 Å². The fraction of sp³-hybridized carbons (Fsp3) is 0.192. The second-order valence-electron chi connectivity index (χ2n) is 7.60. The van der Waals surface area contributed by atoms with Crippen LogP contribution in [0.1, 0.15) is 19.4 Å². The average molecular weight is 560 g/mol. The Balaban J connectivity index is 1.86. The number of amides is 1. The standard InChI is InChI=1S/C26H23F2IN2O2/c1-3-30(4-2)26(32)33-24-10-9-23-21(25(24)18-13-19(27)15-20(28)14-18)11-12-31(23)16-17-7-5-6-8-22(17)29/h5-15H,3-4,16H2,1-2H3. The number of carbonyl (C=O) groups excluding carboxylic acids is 1. The van der Waals surface area contributed by atoms with E-state index in [9.17, 15) is 13.6 Å². The highest BCUT2D eigenvalue weighted by Crippen LogP contribution is 2.39. The van der Waals surface area contributed by atoms with Crippen LogP contribution in [0.5, 0.6) is 5.75 Å². The molecule has 0 bridgehead atoms. The van der Waals surface area contributed by atoms with Gasteiger partial charge in [0, 0.05) is 51.9 Å². The monoisotopic (exact) mass is 560 g/mol. The molecule has 0 aliphatic heterocycles. The normalized spacial score (nSPS) is 11.1. The van der Waals surface area contributed by atoms with E-state index in [1.807, 2.05) is 50.4 Å². The summed E-state index contributed by atoms with van der Waals surface area (Å²) < 4.78 is 37.2. The van der Waals surface area contributed by atoms with Crippen LogP contribution in [0.15, 0.2) is 66.9 Å². The number of fused-ring (bicyclic) bond motifs is 1. The highest BCUT2D eigenvalue weighted by Gasteiger charge is 2.20. The van der Waals surface area contributed by atoms with Gasteiger partial charge in [-0.1, -0.05) is 18.2 Å². The molecule has 0 radical (unpaired) electrons. The lowest BCUT2D eigenvalue weighted by Crippen LogP contribution is -2.33. The van der Waals surface area contributed by atoms with E-state index in [0.29, 0.717) is 30.8 Å². The van der Waals surface area contributed by atoms with Gasteiger partial charge in [-0.15, -0.1) is 0 Å². The second kappa shape index (κ2) is 9.91. The third-order valence-corrected chi connectivity index (χ3v) is 6.64. The van der Waals surface area contributed by atoms with Crippen molar-refractivity contribution in [2.75, 3.05) is 13.1 Å². The van der Waals surface area contributed by atoms with Gasteiger partial charge in [0.05, 0.1) is 0 Å². The van der Waals surface area contributed by atoms with Crippen LogP contribution in [0.25, 0.3) is 22.0 Å². The largest absolute Gasteiger partial charge is 0.415 e. The Hall–Kier alpha value is -2.94. The highest BCUT2D eigenvalue weighted by molar-refractivity contribution is 14.1. The van der Waals surface area contributed by atoms with Crippen LogP contribution in [-0.2, 0) is 6.54 Å². The summed E-state index contributed by atoms with van der Waals surface area (Å²) in [6.07, 6.45) is 1.43. The maximum Gasteiger partial charge on any atom is 0.415 e. The molecule has 1 amide bonds. The lowest BCUT2D eigenvalue weighted by Gasteiger charge is -2.20. The third kappa shape index (κ3) is 4.88. The molecule has 33 heavy (non-hydrogen) atoms. The summed E-state index contributed by atoms with van der Waals surface area (Å²) in [5.41, 5.74) is 2.82. The third-order valence-electron chi connectivity index (χ3n) is 5.58. The van der Waals surface area contributed by atoms with Crippen LogP contribution >= 0.6 is 22.6 Å². The molecule has 0 spiro atoms. The predicted molar refractivity (Wildman–Crippen MR) is 134 cm³/mol. The fourth-order valence-electron chi connectivity index (χ4n) is 3.92. The molecule has 0 N–H and O–H groups in total. The van der Waals surface area contributed by atoms with E-state index in [0.717, 1.165) is 26.1 Å². The number of rotatable bonds is 6. The van der Waals surface area contributed by atoms with Gasteiger partial charge in [-0.25, -0.2) is 13.6 Å². The minimum atomic E-state index is -0.693. The number of hydrogen-bond acceptors (Lipinski definition) is 2. The van der Waals surface area contributed by atoms with Gasteiger partial charge in [-0.3, -0.25) is 0 Å². The van der Waals surface area contributed by atoms with Gasteiger partial charge in [-0.05, 0) is 84.0 Å². The molecule has 0 aliphatic carbocycles. The number of benzene rings is 3. The van der Waals surface area contributed by atoms with Crippen LogP contribution in [0.3, 0.4) is 0 Å². The number of ether oxygens (including phenoxy) is 1. The van der Waals surface area contributed by atoms with E-state index >= 15 is 0 Å². The van der Waals surface area contributed by atoms with Crippen LogP contribution in [0.4, 0.5) is 13.6 Å². The van der Waals surface area contributed by atoms with E-state index < -0.39 is 17.7 Å². The Morgan fingerprint density at radius 1 is 1.00 bits per heavy atom. The van der Waals surface area contributed by atoms with Crippen LogP contribution in [-0.4, -0.2) is 28.6 Å². The molecule has 0 saturated heterocycles. The molecule has 0 fully saturated rings. The zero-order chi connectivity index (χ0) is 23.5. The number of carbonyl (C=O) groups is 1. The van der Waals surface area contributed by atoms with Crippen molar-refractivity contribution >= 4 is 39.6 Å². The Labute approximate surface area is 204 Å². The number of halogens is 3. The van der Waals surface area contributed by atoms with Crippen LogP contribution < -0.4 is 4.74 Å². The summed E-state index contributed by atoms with van der Waals surface area (Å²) >= 11 is 2.31. The Kier molecular flexibility index (Phi) is 6.97. The van der Waals surface area contributed by atoms with Crippen molar-refractivity contribution in [3.63, 3.8) is 0 Å². The highest BCUT2D eigenvalue weighted by atomic mass is 127. The van der Waals surface area contributed by atoms with Gasteiger partial charge >= 0.3 is 6.09 Å². The molecular formula is C26H23F2IN2O2. The first-order valence-corrected chi connectivity index (χ1v) is 11.8. The fourth-order valence-corrected chi connectivity index (χ4v) is 4.48. The minimum absolute atomic E-state index is 0.261. The topological polar surface area (TPSA) is 34.5 Å². The minimum Gasteiger partial charge on any atom is -0.410 e. The first-order chi connectivity index (χ1) is 15.9. The molecule has 1 heterocycles. The molecule has 0 unspecified atom stereocenters. The summed E-state index contributed by atoms with van der Waals surface area (Å²) in [6.45, 7) is 5.35. The molecule has 0 aliphatic rings. The lowest BCUT2D eigenvalue weighted by atomic mass is 10.00. The van der Waals surface area contributed by atoms with Crippen molar-refractivity contribution in [3.8, 4) is 16.9 Å². The predicted octanol–water partition coefficient (Wildman–Crippen LogP) is 7.08. The zero-order valence-corrected chi connectivity index (χ0v) is 20.5. The van der Waals surface area contributed by atoms with E-state index in [1.54, 1.807) is 11.0 Å². The Morgan fingerprint density at radius 3 is 2.36 bits per heavy atom. The van der Waals surface area contributed by atoms with Crippen molar-refractivity contribution in [1.82, 2.24) is 9.47 Å². The smallest absolute Gasteiger partial charge is 0.410 e. The summed E-state index contributed by atoms with van der Waals surface area (Å²) in [5, 5.41) is 0.746. The number of hydrogen-bond donors (Lipinski definition) is 0. The first-order valence-electron chi connectivity index (χ1n) is 10.7. The second-order valence-corrected chi connectivity index (χ2v) is 8.77. The zero-order valence-electron chi connectivity index (χ0n) is 18.3. The molecule has 4 aromatic rings. The van der Waals surface area contributed by atoms with Crippen molar-refractivity contribution in [2.45, 2.75) is 20.4 Å². The SMILES string of the molecule is CCN(CC)C(=O)Oc1ccc2c(ccn2Cc2ccccc2I)c1-c1cc(F)cc(F)c1. The number of aromatic nitrogens is 1. The van der Waals surface area contributed by atoms with Gasteiger partial charge in [0.1, 0.15) is 17.4 Å². The molecule has 0 atom stereocenters. The van der Waals surface area contributed by atoms with Gasteiger partial charge in [0.2, 0.25) is 0 Å². The summed E-state index contributed by atoms with van der Waals surface area (Å²) in [4.78, 5) is 14.2. The molecule has 0 saturated carbocycles. The molecule has 4 nitrogen and oxygen atoms in total. The molecule has 7 heteroatoms. The van der Waals surface area contributed by atoms with E-state index in [-0.39, 0.29) is 5.75 Å². The molecule has 170 valence electrons. The van der Waals surface area contributed by atoms with Gasteiger partial charge in [0.15, 0.2) is 0 Å². The molecule has 1 aromatic heterocycles. The van der Waals surface area contributed by atoms with Crippen LogP contribution in [0.2, 0.25) is 0 Å². The van der Waals surface area contributed by atoms with Crippen molar-refractivity contribution < 1.29 is 18.3 Å². The van der Waals surface area contributed by atoms with Gasteiger partial charge in [-0.2, -0.15) is 0 Å². The Morgan fingerprint density at radius 2 is 1.70 bits per heavy atom. The van der Waals surface area contributed by atoms with Gasteiger partial charge < -0.3 is 14.2 Å². The van der Waals surface area contributed by atoms with Crippen molar-refractivity contribution in [2.24, 2.45) is 0 Å². The van der Waals surface area contributed by atoms with Crippen LogP contribution in [0, 0.1) is 15.2 Å². The Bertz CT molecular complexity index is 1290. The summed E-state index contributed by atoms with van der Waals surface area (Å²) in [6, 6.07) is 16.9. The quantitative estimate of drug-likeness (QED) is 0.236. The average Bonchev–Trinajstić information content (AvgIpc) is 3.18. The lowest BCUT2D eigenvalue weighted by molar-refractivity contribution is 0.157. The maximum atomic E-state index is 14.1. The number of nitrogens with zero attached hydrogens (tertiary/aromatic N) is 2.